The van der Waals surface area contributed by atoms with Gasteiger partial charge in [0.15, 0.2) is 0 Å². The van der Waals surface area contributed by atoms with E-state index in [0.29, 0.717) is 76.2 Å². The van der Waals surface area contributed by atoms with E-state index in [-0.39, 0.29) is 18.6 Å². The normalized spacial score (nSPS) is 14.7. The Kier molecular flexibility index (Phi) is 11.2. The lowest BCUT2D eigenvalue weighted by molar-refractivity contribution is -0.212. The van der Waals surface area contributed by atoms with E-state index in [0.717, 1.165) is 5.69 Å². The highest BCUT2D eigenvalue weighted by Crippen LogP contribution is 2.38. The highest BCUT2D eigenvalue weighted by atomic mass is 35.5. The number of nitrogens with one attached hydrogen (secondary N) is 3. The van der Waals surface area contributed by atoms with Crippen LogP contribution in [0.5, 0.6) is 11.5 Å². The van der Waals surface area contributed by atoms with Crippen LogP contribution < -0.4 is 25.4 Å². The molecule has 0 spiro atoms. The number of fused-ring (bicyclic) bond motifs is 1. The summed E-state index contributed by atoms with van der Waals surface area (Å²) in [5.41, 5.74) is 3.13. The number of benzene rings is 2. The van der Waals surface area contributed by atoms with Crippen LogP contribution in [0.2, 0.25) is 5.02 Å². The van der Waals surface area contributed by atoms with Crippen molar-refractivity contribution in [2.24, 2.45) is 0 Å². The van der Waals surface area contributed by atoms with Crippen molar-refractivity contribution in [2.45, 2.75) is 32.0 Å². The standard InChI is InChI=1S/C34H35ClN6O6/c1-34(43-2,44-3)39-13-6-8-32(42)41-29-16-26-28(17-31(29)47-25-11-14-45-21-25)38-19-22(18-36)33(26)40-23-9-10-30(27(35)15-23)46-20-24-7-4-5-12-37-24/h4-10,12,15-17,19,25,39H,11,13-14,20-21H2,1-3H3,(H,38,40)(H,41,42)/b8-6+. The first kappa shape index (κ1) is 33.6. The maximum absolute atomic E-state index is 13.0. The minimum atomic E-state index is -0.990. The molecule has 1 aliphatic heterocycles. The number of carbonyl (C=O) groups is 1. The van der Waals surface area contributed by atoms with E-state index < -0.39 is 5.91 Å². The Hall–Kier alpha value is -4.77. The molecule has 3 N–H and O–H groups in total. The van der Waals surface area contributed by atoms with E-state index in [1.165, 1.54) is 26.5 Å². The second kappa shape index (κ2) is 15.7. The number of anilines is 3. The molecule has 47 heavy (non-hydrogen) atoms. The Morgan fingerprint density at radius 3 is 2.72 bits per heavy atom. The summed E-state index contributed by atoms with van der Waals surface area (Å²) in [5, 5.41) is 20.2. The third-order valence-electron chi connectivity index (χ3n) is 7.42. The Morgan fingerprint density at radius 1 is 1.17 bits per heavy atom. The molecule has 0 bridgehead atoms. The molecule has 2 aromatic heterocycles. The van der Waals surface area contributed by atoms with E-state index >= 15 is 0 Å². The Morgan fingerprint density at radius 2 is 2.02 bits per heavy atom. The lowest BCUT2D eigenvalue weighted by Gasteiger charge is -2.26. The molecule has 12 nitrogen and oxygen atoms in total. The summed E-state index contributed by atoms with van der Waals surface area (Å²) in [6.07, 6.45) is 6.76. The van der Waals surface area contributed by atoms with Crippen molar-refractivity contribution >= 4 is 45.5 Å². The number of carbonyl (C=O) groups excluding carboxylic acids is 1. The van der Waals surface area contributed by atoms with Gasteiger partial charge in [0, 0.05) is 69.7 Å². The van der Waals surface area contributed by atoms with Crippen LogP contribution in [0.1, 0.15) is 24.6 Å². The number of ether oxygens (including phenoxy) is 5. The van der Waals surface area contributed by atoms with Crippen molar-refractivity contribution in [1.29, 1.82) is 5.26 Å². The molecular formula is C34H35ClN6O6. The van der Waals surface area contributed by atoms with Crippen LogP contribution in [-0.2, 0) is 25.6 Å². The van der Waals surface area contributed by atoms with Gasteiger partial charge in [-0.25, -0.2) is 0 Å². The second-order valence-electron chi connectivity index (χ2n) is 10.6. The van der Waals surface area contributed by atoms with Gasteiger partial charge in [-0.1, -0.05) is 23.7 Å². The van der Waals surface area contributed by atoms with Crippen molar-refractivity contribution in [2.75, 3.05) is 44.6 Å². The number of methoxy groups -OCH3 is 2. The third-order valence-corrected chi connectivity index (χ3v) is 7.72. The van der Waals surface area contributed by atoms with Gasteiger partial charge in [0.25, 0.3) is 0 Å². The number of rotatable bonds is 14. The summed E-state index contributed by atoms with van der Waals surface area (Å²) in [6.45, 7) is 3.32. The molecule has 0 saturated carbocycles. The highest BCUT2D eigenvalue weighted by molar-refractivity contribution is 6.32. The number of hydrogen-bond donors (Lipinski definition) is 3. The SMILES string of the molecule is COC(C)(NC/C=C/C(=O)Nc1cc2c(Nc3ccc(OCc4ccccn4)c(Cl)c3)c(C#N)cnc2cc1OC1CCOC1)OC. The van der Waals surface area contributed by atoms with Gasteiger partial charge < -0.3 is 34.3 Å². The van der Waals surface area contributed by atoms with E-state index in [1.54, 1.807) is 49.5 Å². The fraction of sp³-hybridized carbons (Fsp3) is 0.294. The predicted molar refractivity (Wildman–Crippen MR) is 178 cm³/mol. The van der Waals surface area contributed by atoms with Crippen LogP contribution in [0.4, 0.5) is 17.1 Å². The van der Waals surface area contributed by atoms with Crippen LogP contribution in [0.25, 0.3) is 10.9 Å². The van der Waals surface area contributed by atoms with E-state index in [2.05, 4.69) is 32.0 Å². The summed E-state index contributed by atoms with van der Waals surface area (Å²) in [5.74, 6) is -0.458. The molecule has 0 aliphatic carbocycles. The molecule has 1 unspecified atom stereocenters. The number of amides is 1. The molecule has 5 rings (SSSR count). The number of nitriles is 1. The number of halogens is 1. The lowest BCUT2D eigenvalue weighted by Crippen LogP contribution is -2.45. The van der Waals surface area contributed by atoms with Crippen molar-refractivity contribution in [1.82, 2.24) is 15.3 Å². The molecule has 1 aliphatic rings. The summed E-state index contributed by atoms with van der Waals surface area (Å²) in [4.78, 5) is 21.8. The lowest BCUT2D eigenvalue weighted by atomic mass is 10.1. The van der Waals surface area contributed by atoms with Gasteiger partial charge >= 0.3 is 0 Å². The molecule has 13 heteroatoms. The van der Waals surface area contributed by atoms with Gasteiger partial charge in [-0.2, -0.15) is 5.26 Å². The number of aromatic nitrogens is 2. The fourth-order valence-corrected chi connectivity index (χ4v) is 4.94. The number of nitrogens with zero attached hydrogens (tertiary/aromatic N) is 3. The molecule has 1 fully saturated rings. The monoisotopic (exact) mass is 658 g/mol. The average Bonchev–Trinajstić information content (AvgIpc) is 3.60. The Labute approximate surface area is 277 Å². The zero-order valence-electron chi connectivity index (χ0n) is 26.2. The summed E-state index contributed by atoms with van der Waals surface area (Å²) < 4.78 is 28.1. The van der Waals surface area contributed by atoms with Gasteiger partial charge in [-0.05, 0) is 36.4 Å². The van der Waals surface area contributed by atoms with Gasteiger partial charge in [0.05, 0.1) is 46.4 Å². The van der Waals surface area contributed by atoms with E-state index in [1.807, 2.05) is 18.2 Å². The van der Waals surface area contributed by atoms with Crippen molar-refractivity contribution < 1.29 is 28.5 Å². The van der Waals surface area contributed by atoms with Crippen molar-refractivity contribution in [3.63, 3.8) is 0 Å². The van der Waals surface area contributed by atoms with Crippen molar-refractivity contribution in [3.8, 4) is 17.6 Å². The van der Waals surface area contributed by atoms with Gasteiger partial charge in [0.1, 0.15) is 30.3 Å². The summed E-state index contributed by atoms with van der Waals surface area (Å²) in [6, 6.07) is 16.5. The Balaban J connectivity index is 1.41. The van der Waals surface area contributed by atoms with Crippen molar-refractivity contribution in [3.05, 3.63) is 89.4 Å². The van der Waals surface area contributed by atoms with Crippen LogP contribution in [0, 0.1) is 11.3 Å². The number of pyridine rings is 2. The maximum Gasteiger partial charge on any atom is 0.248 e. The molecule has 3 heterocycles. The minimum absolute atomic E-state index is 0.180. The average molecular weight is 659 g/mol. The van der Waals surface area contributed by atoms with Gasteiger partial charge in [-0.15, -0.1) is 0 Å². The molecule has 4 aromatic rings. The van der Waals surface area contributed by atoms with Crippen LogP contribution in [0.3, 0.4) is 0 Å². The largest absolute Gasteiger partial charge is 0.486 e. The first-order chi connectivity index (χ1) is 22.8. The third kappa shape index (κ3) is 8.74. The second-order valence-corrected chi connectivity index (χ2v) is 11.0. The summed E-state index contributed by atoms with van der Waals surface area (Å²) >= 11 is 6.57. The van der Waals surface area contributed by atoms with Crippen LogP contribution in [-0.4, -0.2) is 61.9 Å². The topological polar surface area (TPSA) is 149 Å². The summed E-state index contributed by atoms with van der Waals surface area (Å²) in [7, 11) is 3.03. The number of hydrogen-bond acceptors (Lipinski definition) is 11. The molecule has 1 saturated heterocycles. The van der Waals surface area contributed by atoms with Gasteiger partial charge in [-0.3, -0.25) is 20.1 Å². The smallest absolute Gasteiger partial charge is 0.248 e. The van der Waals surface area contributed by atoms with Crippen LogP contribution in [0.15, 0.2) is 73.1 Å². The molecule has 1 atom stereocenters. The Bertz CT molecular complexity index is 1770. The maximum atomic E-state index is 13.0. The van der Waals surface area contributed by atoms with E-state index in [9.17, 15) is 10.1 Å². The zero-order valence-corrected chi connectivity index (χ0v) is 27.0. The van der Waals surface area contributed by atoms with E-state index in [4.69, 9.17) is 35.3 Å². The zero-order chi connectivity index (χ0) is 33.2. The predicted octanol–water partition coefficient (Wildman–Crippen LogP) is 5.70. The quantitative estimate of drug-likeness (QED) is 0.113. The first-order valence-electron chi connectivity index (χ1n) is 14.8. The van der Waals surface area contributed by atoms with Crippen LogP contribution >= 0.6 is 11.6 Å². The molecule has 244 valence electrons. The first-order valence-corrected chi connectivity index (χ1v) is 15.2. The molecule has 2 aromatic carbocycles. The highest BCUT2D eigenvalue weighted by Gasteiger charge is 2.22. The fourth-order valence-electron chi connectivity index (χ4n) is 4.71. The molecular weight excluding hydrogens is 624 g/mol. The van der Waals surface area contributed by atoms with Gasteiger partial charge in [0.2, 0.25) is 11.8 Å². The molecule has 0 radical (unpaired) electrons. The minimum Gasteiger partial charge on any atom is -0.486 e. The molecule has 1 amide bonds.